The van der Waals surface area contributed by atoms with E-state index in [1.807, 2.05) is 39.0 Å². The Labute approximate surface area is 116 Å². The number of ether oxygens (including phenoxy) is 1. The first-order valence-corrected chi connectivity index (χ1v) is 7.30. The fourth-order valence-electron chi connectivity index (χ4n) is 1.63. The number of hydrogen-bond acceptors (Lipinski definition) is 4. The molecule has 0 saturated heterocycles. The SMILES string of the molecule is CCOc1ccc2nc(NC(=O)[C@H](C)CC)sc2c1. The second kappa shape index (κ2) is 6.02. The third-order valence-corrected chi connectivity index (χ3v) is 3.89. The molecule has 0 spiro atoms. The highest BCUT2D eigenvalue weighted by molar-refractivity contribution is 7.22. The van der Waals surface area contributed by atoms with Crippen molar-refractivity contribution in [3.8, 4) is 5.75 Å². The monoisotopic (exact) mass is 278 g/mol. The lowest BCUT2D eigenvalue weighted by Crippen LogP contribution is -2.19. The van der Waals surface area contributed by atoms with E-state index in [2.05, 4.69) is 10.3 Å². The number of benzene rings is 1. The number of hydrogen-bond donors (Lipinski definition) is 1. The summed E-state index contributed by atoms with van der Waals surface area (Å²) in [5.41, 5.74) is 0.882. The highest BCUT2D eigenvalue weighted by atomic mass is 32.1. The maximum absolute atomic E-state index is 11.8. The normalized spacial score (nSPS) is 12.4. The Bertz CT molecular complexity index is 580. The van der Waals surface area contributed by atoms with Crippen molar-refractivity contribution in [3.05, 3.63) is 18.2 Å². The topological polar surface area (TPSA) is 51.2 Å². The van der Waals surface area contributed by atoms with Gasteiger partial charge in [-0.2, -0.15) is 0 Å². The van der Waals surface area contributed by atoms with E-state index >= 15 is 0 Å². The number of thiazole rings is 1. The highest BCUT2D eigenvalue weighted by Crippen LogP contribution is 2.29. The van der Waals surface area contributed by atoms with Crippen LogP contribution in [0.15, 0.2) is 18.2 Å². The summed E-state index contributed by atoms with van der Waals surface area (Å²) < 4.78 is 6.47. The van der Waals surface area contributed by atoms with Gasteiger partial charge in [0.05, 0.1) is 16.8 Å². The summed E-state index contributed by atoms with van der Waals surface area (Å²) in [5, 5.41) is 3.51. The largest absolute Gasteiger partial charge is 0.494 e. The van der Waals surface area contributed by atoms with Gasteiger partial charge in [-0.3, -0.25) is 4.79 Å². The molecule has 1 aromatic carbocycles. The Morgan fingerprint density at radius 2 is 2.26 bits per heavy atom. The average molecular weight is 278 g/mol. The molecular weight excluding hydrogens is 260 g/mol. The Morgan fingerprint density at radius 3 is 2.95 bits per heavy atom. The average Bonchev–Trinajstić information content (AvgIpc) is 2.79. The van der Waals surface area contributed by atoms with E-state index in [-0.39, 0.29) is 11.8 Å². The van der Waals surface area contributed by atoms with Crippen LogP contribution < -0.4 is 10.1 Å². The van der Waals surface area contributed by atoms with E-state index in [1.54, 1.807) is 0 Å². The molecule has 1 amide bonds. The van der Waals surface area contributed by atoms with E-state index in [1.165, 1.54) is 11.3 Å². The molecule has 19 heavy (non-hydrogen) atoms. The lowest BCUT2D eigenvalue weighted by Gasteiger charge is -2.06. The maximum Gasteiger partial charge on any atom is 0.228 e. The van der Waals surface area contributed by atoms with Gasteiger partial charge in [0.15, 0.2) is 5.13 Å². The Hall–Kier alpha value is -1.62. The van der Waals surface area contributed by atoms with Gasteiger partial charge in [0.1, 0.15) is 5.75 Å². The number of carbonyl (C=O) groups is 1. The summed E-state index contributed by atoms with van der Waals surface area (Å²) in [4.78, 5) is 16.2. The highest BCUT2D eigenvalue weighted by Gasteiger charge is 2.13. The van der Waals surface area contributed by atoms with Gasteiger partial charge in [0.2, 0.25) is 5.91 Å². The number of nitrogens with one attached hydrogen (secondary N) is 1. The smallest absolute Gasteiger partial charge is 0.228 e. The molecule has 0 radical (unpaired) electrons. The molecule has 2 aromatic rings. The molecule has 0 bridgehead atoms. The van der Waals surface area contributed by atoms with Gasteiger partial charge in [-0.25, -0.2) is 4.98 Å². The predicted molar refractivity (Wildman–Crippen MR) is 78.9 cm³/mol. The van der Waals surface area contributed by atoms with Gasteiger partial charge in [-0.05, 0) is 31.5 Å². The van der Waals surface area contributed by atoms with Crippen molar-refractivity contribution in [2.45, 2.75) is 27.2 Å². The zero-order chi connectivity index (χ0) is 13.8. The summed E-state index contributed by atoms with van der Waals surface area (Å²) in [6, 6.07) is 5.76. The standard InChI is InChI=1S/C14H18N2O2S/c1-4-9(3)13(17)16-14-15-11-7-6-10(18-5-2)8-12(11)19-14/h6-9H,4-5H2,1-3H3,(H,15,16,17)/t9-/m1/s1. The minimum Gasteiger partial charge on any atom is -0.494 e. The van der Waals surface area contributed by atoms with Gasteiger partial charge in [0, 0.05) is 5.92 Å². The van der Waals surface area contributed by atoms with Crippen LogP contribution in [0.3, 0.4) is 0 Å². The van der Waals surface area contributed by atoms with Crippen LogP contribution in [-0.4, -0.2) is 17.5 Å². The first-order chi connectivity index (χ1) is 9.13. The van der Waals surface area contributed by atoms with Crippen LogP contribution in [0.5, 0.6) is 5.75 Å². The number of amides is 1. The molecule has 1 aromatic heterocycles. The van der Waals surface area contributed by atoms with E-state index in [9.17, 15) is 4.79 Å². The minimum atomic E-state index is 0.00555. The van der Waals surface area contributed by atoms with E-state index in [4.69, 9.17) is 4.74 Å². The van der Waals surface area contributed by atoms with Gasteiger partial charge in [-0.1, -0.05) is 25.2 Å². The Morgan fingerprint density at radius 1 is 1.47 bits per heavy atom. The zero-order valence-corrected chi connectivity index (χ0v) is 12.2. The van der Waals surface area contributed by atoms with E-state index < -0.39 is 0 Å². The lowest BCUT2D eigenvalue weighted by molar-refractivity contribution is -0.119. The summed E-state index contributed by atoms with van der Waals surface area (Å²) in [7, 11) is 0. The predicted octanol–water partition coefficient (Wildman–Crippen LogP) is 3.68. The third kappa shape index (κ3) is 3.23. The number of rotatable bonds is 5. The van der Waals surface area contributed by atoms with E-state index in [0.29, 0.717) is 11.7 Å². The molecule has 1 N–H and O–H groups in total. The van der Waals surface area contributed by atoms with Gasteiger partial charge < -0.3 is 10.1 Å². The van der Waals surface area contributed by atoms with Crippen molar-refractivity contribution < 1.29 is 9.53 Å². The molecule has 0 aliphatic carbocycles. The fraction of sp³-hybridized carbons (Fsp3) is 0.429. The summed E-state index contributed by atoms with van der Waals surface area (Å²) in [6.07, 6.45) is 0.825. The molecule has 0 fully saturated rings. The summed E-state index contributed by atoms with van der Waals surface area (Å²) in [5.74, 6) is 0.857. The number of anilines is 1. The number of nitrogens with zero attached hydrogens (tertiary/aromatic N) is 1. The molecule has 102 valence electrons. The molecule has 0 aliphatic heterocycles. The Balaban J connectivity index is 2.19. The van der Waals surface area contributed by atoms with Crippen LogP contribution in [0.25, 0.3) is 10.2 Å². The first kappa shape index (κ1) is 13.8. The van der Waals surface area contributed by atoms with Crippen LogP contribution in [-0.2, 0) is 4.79 Å². The Kier molecular flexibility index (Phi) is 4.37. The zero-order valence-electron chi connectivity index (χ0n) is 11.4. The number of fused-ring (bicyclic) bond motifs is 1. The van der Waals surface area contributed by atoms with Crippen molar-refractivity contribution in [2.75, 3.05) is 11.9 Å². The molecule has 5 heteroatoms. The van der Waals surface area contributed by atoms with Crippen molar-refractivity contribution in [2.24, 2.45) is 5.92 Å². The molecular formula is C14H18N2O2S. The number of aromatic nitrogens is 1. The first-order valence-electron chi connectivity index (χ1n) is 6.48. The van der Waals surface area contributed by atoms with Crippen LogP contribution >= 0.6 is 11.3 Å². The van der Waals surface area contributed by atoms with E-state index in [0.717, 1.165) is 22.4 Å². The number of carbonyl (C=O) groups excluding carboxylic acids is 1. The van der Waals surface area contributed by atoms with Crippen LogP contribution in [0.2, 0.25) is 0 Å². The second-order valence-corrected chi connectivity index (χ2v) is 5.41. The summed E-state index contributed by atoms with van der Waals surface area (Å²) in [6.45, 7) is 6.50. The van der Waals surface area contributed by atoms with Crippen molar-refractivity contribution >= 4 is 32.6 Å². The maximum atomic E-state index is 11.8. The second-order valence-electron chi connectivity index (χ2n) is 4.38. The summed E-state index contributed by atoms with van der Waals surface area (Å²) >= 11 is 1.47. The van der Waals surface area contributed by atoms with Gasteiger partial charge in [0.25, 0.3) is 0 Å². The van der Waals surface area contributed by atoms with Crippen molar-refractivity contribution in [1.82, 2.24) is 4.98 Å². The lowest BCUT2D eigenvalue weighted by atomic mass is 10.1. The molecule has 4 nitrogen and oxygen atoms in total. The molecule has 0 unspecified atom stereocenters. The molecule has 1 heterocycles. The quantitative estimate of drug-likeness (QED) is 0.907. The molecule has 0 aliphatic rings. The van der Waals surface area contributed by atoms with Gasteiger partial charge in [-0.15, -0.1) is 0 Å². The minimum absolute atomic E-state index is 0.00555. The molecule has 0 saturated carbocycles. The van der Waals surface area contributed by atoms with Crippen molar-refractivity contribution in [1.29, 1.82) is 0 Å². The van der Waals surface area contributed by atoms with Crippen molar-refractivity contribution in [3.63, 3.8) is 0 Å². The molecule has 2 rings (SSSR count). The van der Waals surface area contributed by atoms with Gasteiger partial charge >= 0.3 is 0 Å². The van der Waals surface area contributed by atoms with Crippen LogP contribution in [0.4, 0.5) is 5.13 Å². The molecule has 1 atom stereocenters. The van der Waals surface area contributed by atoms with Crippen LogP contribution in [0.1, 0.15) is 27.2 Å². The third-order valence-electron chi connectivity index (χ3n) is 2.96. The fourth-order valence-corrected chi connectivity index (χ4v) is 2.53. The van der Waals surface area contributed by atoms with Crippen LogP contribution in [0, 0.1) is 5.92 Å².